The molecule has 7 nitrogen and oxygen atoms in total. The molecule has 1 aliphatic heterocycles. The van der Waals surface area contributed by atoms with Crippen LogP contribution in [0.4, 0.5) is 5.82 Å². The summed E-state index contributed by atoms with van der Waals surface area (Å²) in [6.07, 6.45) is 0.0955. The van der Waals surface area contributed by atoms with Crippen molar-refractivity contribution in [2.24, 2.45) is 0 Å². The third kappa shape index (κ3) is 3.40. The number of nitrogens with zero attached hydrogens (tertiary/aromatic N) is 3. The fourth-order valence-electron chi connectivity index (χ4n) is 2.69. The van der Waals surface area contributed by atoms with Gasteiger partial charge in [-0.3, -0.25) is 4.79 Å². The van der Waals surface area contributed by atoms with Gasteiger partial charge in [-0.25, -0.2) is 9.97 Å². The van der Waals surface area contributed by atoms with Crippen LogP contribution in [0.3, 0.4) is 0 Å². The average molecular weight is 339 g/mol. The highest BCUT2D eigenvalue weighted by atomic mass is 35.5. The lowest BCUT2D eigenvalue weighted by atomic mass is 10.2. The zero-order valence-corrected chi connectivity index (χ0v) is 13.9. The van der Waals surface area contributed by atoms with Gasteiger partial charge in [0.25, 0.3) is 0 Å². The molecule has 0 aliphatic carbocycles. The van der Waals surface area contributed by atoms with Crippen molar-refractivity contribution in [2.75, 3.05) is 31.3 Å². The molecule has 1 atom stereocenters. The molecule has 2 aromatic heterocycles. The molecule has 3 rings (SSSR count). The number of pyridine rings is 1. The Morgan fingerprint density at radius 2 is 2.39 bits per heavy atom. The van der Waals surface area contributed by atoms with Crippen molar-refractivity contribution >= 4 is 34.4 Å². The fourth-order valence-corrected chi connectivity index (χ4v) is 2.88. The number of nitrogens with one attached hydrogen (secondary N) is 1. The summed E-state index contributed by atoms with van der Waals surface area (Å²) in [6.45, 7) is 6.19. The molecule has 1 aliphatic rings. The summed E-state index contributed by atoms with van der Waals surface area (Å²) in [6, 6.07) is 1.90. The van der Waals surface area contributed by atoms with E-state index in [9.17, 15) is 4.79 Å². The lowest BCUT2D eigenvalue weighted by molar-refractivity contribution is -0.142. The van der Waals surface area contributed by atoms with Gasteiger partial charge in [-0.15, -0.1) is 0 Å². The van der Waals surface area contributed by atoms with E-state index in [2.05, 4.69) is 26.8 Å². The minimum Gasteiger partial charge on any atom is -0.466 e. The van der Waals surface area contributed by atoms with E-state index in [1.54, 1.807) is 13.0 Å². The van der Waals surface area contributed by atoms with Crippen molar-refractivity contribution < 1.29 is 14.3 Å². The Morgan fingerprint density at radius 1 is 1.57 bits per heavy atom. The van der Waals surface area contributed by atoms with Gasteiger partial charge >= 0.3 is 5.97 Å². The number of imidazole rings is 1. The van der Waals surface area contributed by atoms with Gasteiger partial charge in [-0.2, -0.15) is 0 Å². The summed E-state index contributed by atoms with van der Waals surface area (Å²) in [5.41, 5.74) is 1.47. The number of carbonyl (C=O) groups is 1. The van der Waals surface area contributed by atoms with E-state index in [0.717, 1.165) is 17.9 Å². The number of H-pyrrole nitrogens is 1. The molecule has 0 radical (unpaired) electrons. The Balaban J connectivity index is 1.97. The van der Waals surface area contributed by atoms with Crippen molar-refractivity contribution in [3.05, 3.63) is 17.0 Å². The molecule has 0 bridgehead atoms. The molecule has 0 spiro atoms. The maximum atomic E-state index is 11.6. The lowest BCUT2D eigenvalue weighted by Gasteiger charge is -2.34. The molecule has 8 heteroatoms. The fraction of sp³-hybridized carbons (Fsp3) is 0.533. The summed E-state index contributed by atoms with van der Waals surface area (Å²) in [7, 11) is 0. The highest BCUT2D eigenvalue weighted by Gasteiger charge is 2.24. The molecule has 2 aromatic rings. The monoisotopic (exact) mass is 338 g/mol. The van der Waals surface area contributed by atoms with Gasteiger partial charge < -0.3 is 19.4 Å². The largest absolute Gasteiger partial charge is 0.466 e. The number of esters is 1. The Bertz CT molecular complexity index is 718. The highest BCUT2D eigenvalue weighted by Crippen LogP contribution is 2.28. The van der Waals surface area contributed by atoms with Crippen molar-refractivity contribution in [3.63, 3.8) is 0 Å². The van der Waals surface area contributed by atoms with Crippen LogP contribution >= 0.6 is 11.6 Å². The first-order valence-electron chi connectivity index (χ1n) is 7.63. The molecule has 0 aromatic carbocycles. The van der Waals surface area contributed by atoms with Gasteiger partial charge in [0.15, 0.2) is 5.82 Å². The first-order valence-corrected chi connectivity index (χ1v) is 8.01. The average Bonchev–Trinajstić information content (AvgIpc) is 2.89. The SMILES string of the molecule is CCOC(=O)Cc1nc2c(N3CCOC[C@H]3C)nc(Cl)cc2[nH]1. The minimum atomic E-state index is -0.313. The van der Waals surface area contributed by atoms with Crippen LogP contribution < -0.4 is 4.90 Å². The summed E-state index contributed by atoms with van der Waals surface area (Å²) in [4.78, 5) is 25.9. The van der Waals surface area contributed by atoms with E-state index in [0.29, 0.717) is 36.3 Å². The van der Waals surface area contributed by atoms with Crippen molar-refractivity contribution in [3.8, 4) is 0 Å². The van der Waals surface area contributed by atoms with Crippen LogP contribution in [0.15, 0.2) is 6.07 Å². The maximum absolute atomic E-state index is 11.6. The van der Waals surface area contributed by atoms with Crippen LogP contribution in [0.5, 0.6) is 0 Å². The van der Waals surface area contributed by atoms with Gasteiger partial charge in [-0.1, -0.05) is 11.6 Å². The Labute approximate surface area is 138 Å². The molecular weight excluding hydrogens is 320 g/mol. The number of halogens is 1. The number of carbonyl (C=O) groups excluding carboxylic acids is 1. The van der Waals surface area contributed by atoms with Gasteiger partial charge in [-0.05, 0) is 13.8 Å². The molecule has 0 saturated carbocycles. The van der Waals surface area contributed by atoms with Crippen LogP contribution in [0.2, 0.25) is 5.15 Å². The van der Waals surface area contributed by atoms with Gasteiger partial charge in [0.2, 0.25) is 0 Å². The molecule has 1 saturated heterocycles. The van der Waals surface area contributed by atoms with Crippen molar-refractivity contribution in [1.29, 1.82) is 0 Å². The minimum absolute atomic E-state index is 0.0955. The molecule has 3 heterocycles. The third-order valence-electron chi connectivity index (χ3n) is 3.73. The molecule has 23 heavy (non-hydrogen) atoms. The molecule has 124 valence electrons. The number of aromatic amines is 1. The normalized spacial score (nSPS) is 18.4. The Kier molecular flexibility index (Phi) is 4.68. The molecule has 0 unspecified atom stereocenters. The van der Waals surface area contributed by atoms with E-state index in [4.69, 9.17) is 21.1 Å². The quantitative estimate of drug-likeness (QED) is 0.678. The van der Waals surface area contributed by atoms with Crippen LogP contribution in [-0.2, 0) is 20.7 Å². The molecular formula is C15H19ClN4O3. The molecule has 1 fully saturated rings. The van der Waals surface area contributed by atoms with E-state index >= 15 is 0 Å². The zero-order valence-electron chi connectivity index (χ0n) is 13.1. The van der Waals surface area contributed by atoms with Crippen LogP contribution in [-0.4, -0.2) is 53.3 Å². The smallest absolute Gasteiger partial charge is 0.313 e. The molecule has 1 N–H and O–H groups in total. The number of ether oxygens (including phenoxy) is 2. The topological polar surface area (TPSA) is 80.3 Å². The van der Waals surface area contributed by atoms with Crippen molar-refractivity contribution in [1.82, 2.24) is 15.0 Å². The number of hydrogen-bond donors (Lipinski definition) is 1. The van der Waals surface area contributed by atoms with Gasteiger partial charge in [0.05, 0.1) is 31.4 Å². The first kappa shape index (κ1) is 16.0. The number of anilines is 1. The molecule has 0 amide bonds. The van der Waals surface area contributed by atoms with Crippen molar-refractivity contribution in [2.45, 2.75) is 26.3 Å². The number of aromatic nitrogens is 3. The van der Waals surface area contributed by atoms with E-state index in [1.807, 2.05) is 0 Å². The number of rotatable bonds is 4. The Hall–Kier alpha value is -1.86. The first-order chi connectivity index (χ1) is 11.1. The van der Waals surface area contributed by atoms with Crippen LogP contribution in [0, 0.1) is 0 Å². The summed E-state index contributed by atoms with van der Waals surface area (Å²) in [5.74, 6) is 0.950. The highest BCUT2D eigenvalue weighted by molar-refractivity contribution is 6.30. The zero-order chi connectivity index (χ0) is 16.4. The third-order valence-corrected chi connectivity index (χ3v) is 3.92. The predicted molar refractivity (Wildman–Crippen MR) is 86.9 cm³/mol. The second-order valence-electron chi connectivity index (χ2n) is 5.45. The predicted octanol–water partition coefficient (Wildman–Crippen LogP) is 1.94. The van der Waals surface area contributed by atoms with E-state index in [1.165, 1.54) is 0 Å². The second-order valence-corrected chi connectivity index (χ2v) is 5.83. The van der Waals surface area contributed by atoms with Gasteiger partial charge in [0.1, 0.15) is 22.9 Å². The second kappa shape index (κ2) is 6.72. The van der Waals surface area contributed by atoms with Crippen LogP contribution in [0.1, 0.15) is 19.7 Å². The van der Waals surface area contributed by atoms with Crippen LogP contribution in [0.25, 0.3) is 11.0 Å². The summed E-state index contributed by atoms with van der Waals surface area (Å²) >= 11 is 6.15. The lowest BCUT2D eigenvalue weighted by Crippen LogP contribution is -2.44. The number of morpholine rings is 1. The van der Waals surface area contributed by atoms with Gasteiger partial charge in [0, 0.05) is 12.6 Å². The summed E-state index contributed by atoms with van der Waals surface area (Å²) in [5, 5.41) is 0.387. The van der Waals surface area contributed by atoms with E-state index < -0.39 is 0 Å². The standard InChI is InChI=1S/C15H19ClN4O3/c1-3-23-13(21)7-12-17-10-6-11(16)18-15(14(10)19-12)20-4-5-22-8-9(20)2/h6,9H,3-5,7-8H2,1-2H3,(H,17,19)/t9-/m1/s1. The maximum Gasteiger partial charge on any atom is 0.313 e. The van der Waals surface area contributed by atoms with E-state index in [-0.39, 0.29) is 18.4 Å². The Morgan fingerprint density at radius 3 is 3.13 bits per heavy atom. The number of hydrogen-bond acceptors (Lipinski definition) is 6. The number of fused-ring (bicyclic) bond motifs is 1. The summed E-state index contributed by atoms with van der Waals surface area (Å²) < 4.78 is 10.4.